The molecule has 0 aliphatic carbocycles. The number of likely N-dealkylation sites (N-methyl/N-ethyl adjacent to an activating group) is 1. The lowest BCUT2D eigenvalue weighted by Crippen LogP contribution is -2.53. The number of benzene rings is 2. The largest absolute Gasteiger partial charge is 0.493 e. The molecule has 2 aromatic carbocycles. The summed E-state index contributed by atoms with van der Waals surface area (Å²) in [5.74, 6) is 0.910. The highest BCUT2D eigenvalue weighted by atomic mass is 35.5. The maximum atomic E-state index is 13.3. The van der Waals surface area contributed by atoms with Gasteiger partial charge in [-0.15, -0.1) is 0 Å². The molecule has 4 rings (SSSR count). The fourth-order valence-electron chi connectivity index (χ4n) is 4.71. The van der Waals surface area contributed by atoms with Gasteiger partial charge in [0, 0.05) is 61.7 Å². The minimum Gasteiger partial charge on any atom is -0.493 e. The molecule has 1 atom stereocenters. The minimum atomic E-state index is -0.420. The van der Waals surface area contributed by atoms with E-state index in [2.05, 4.69) is 11.9 Å². The van der Waals surface area contributed by atoms with Crippen LogP contribution < -0.4 is 4.74 Å². The second-order valence-corrected chi connectivity index (χ2v) is 9.74. The fraction of sp³-hybridized carbons (Fsp3) is 0.462. The van der Waals surface area contributed by atoms with Gasteiger partial charge >= 0.3 is 0 Å². The van der Waals surface area contributed by atoms with Crippen LogP contribution in [0.3, 0.4) is 0 Å². The molecular formula is C26H32ClN3O3. The van der Waals surface area contributed by atoms with Crippen LogP contribution in [-0.4, -0.2) is 79.4 Å². The lowest BCUT2D eigenvalue weighted by Gasteiger charge is -2.43. The molecule has 33 heavy (non-hydrogen) atoms. The van der Waals surface area contributed by atoms with Crippen LogP contribution in [0.4, 0.5) is 0 Å². The van der Waals surface area contributed by atoms with Gasteiger partial charge in [-0.1, -0.05) is 29.8 Å². The van der Waals surface area contributed by atoms with Gasteiger partial charge in [0.15, 0.2) is 0 Å². The molecule has 2 fully saturated rings. The van der Waals surface area contributed by atoms with Gasteiger partial charge in [-0.05, 0) is 56.3 Å². The Bertz CT molecular complexity index is 945. The number of para-hydroxylation sites is 1. The number of ether oxygens (including phenoxy) is 1. The van der Waals surface area contributed by atoms with E-state index in [1.807, 2.05) is 40.1 Å². The quantitative estimate of drug-likeness (QED) is 0.645. The molecule has 0 aromatic heterocycles. The lowest BCUT2D eigenvalue weighted by atomic mass is 9.77. The number of likely N-dealkylation sites (tertiary alicyclic amines) is 1. The van der Waals surface area contributed by atoms with Crippen molar-refractivity contribution in [3.63, 3.8) is 0 Å². The zero-order valence-corrected chi connectivity index (χ0v) is 20.0. The van der Waals surface area contributed by atoms with Crippen molar-refractivity contribution in [1.82, 2.24) is 14.7 Å². The Labute approximate surface area is 201 Å². The molecule has 2 aliphatic rings. The highest BCUT2D eigenvalue weighted by Crippen LogP contribution is 2.36. The molecule has 1 unspecified atom stereocenters. The predicted octanol–water partition coefficient (Wildman–Crippen LogP) is 3.81. The molecule has 0 bridgehead atoms. The summed E-state index contributed by atoms with van der Waals surface area (Å²) in [5, 5.41) is 0.605. The van der Waals surface area contributed by atoms with E-state index >= 15 is 0 Å². The van der Waals surface area contributed by atoms with Gasteiger partial charge in [0.25, 0.3) is 5.91 Å². The number of piperazine rings is 1. The van der Waals surface area contributed by atoms with E-state index in [-0.39, 0.29) is 11.8 Å². The summed E-state index contributed by atoms with van der Waals surface area (Å²) >= 11 is 6.00. The number of nitrogens with zero attached hydrogens (tertiary/aromatic N) is 3. The number of hydrogen-bond donors (Lipinski definition) is 0. The summed E-state index contributed by atoms with van der Waals surface area (Å²) in [6.07, 6.45) is 2.07. The Morgan fingerprint density at radius 2 is 1.64 bits per heavy atom. The summed E-state index contributed by atoms with van der Waals surface area (Å²) in [6.45, 7) is 4.86. The van der Waals surface area contributed by atoms with Crippen molar-refractivity contribution in [2.75, 3.05) is 52.9 Å². The van der Waals surface area contributed by atoms with Gasteiger partial charge in [0.05, 0.1) is 6.61 Å². The lowest BCUT2D eigenvalue weighted by molar-refractivity contribution is -0.137. The van der Waals surface area contributed by atoms with E-state index < -0.39 is 5.41 Å². The average molecular weight is 470 g/mol. The van der Waals surface area contributed by atoms with Gasteiger partial charge in [-0.2, -0.15) is 0 Å². The van der Waals surface area contributed by atoms with Crippen molar-refractivity contribution < 1.29 is 14.3 Å². The van der Waals surface area contributed by atoms with Crippen LogP contribution in [0.1, 0.15) is 29.6 Å². The summed E-state index contributed by atoms with van der Waals surface area (Å²) in [4.78, 5) is 32.6. The molecule has 2 amide bonds. The van der Waals surface area contributed by atoms with Crippen molar-refractivity contribution in [3.05, 3.63) is 65.2 Å². The maximum absolute atomic E-state index is 13.3. The highest BCUT2D eigenvalue weighted by molar-refractivity contribution is 6.30. The van der Waals surface area contributed by atoms with Crippen molar-refractivity contribution in [3.8, 4) is 5.75 Å². The monoisotopic (exact) mass is 469 g/mol. The van der Waals surface area contributed by atoms with Crippen LogP contribution in [-0.2, 0) is 4.79 Å². The van der Waals surface area contributed by atoms with Gasteiger partial charge in [-0.3, -0.25) is 9.59 Å². The number of hydrogen-bond acceptors (Lipinski definition) is 4. The number of rotatable bonds is 6. The molecule has 2 aromatic rings. The molecule has 176 valence electrons. The Kier molecular flexibility index (Phi) is 7.56. The second kappa shape index (κ2) is 10.6. The molecule has 7 heteroatoms. The van der Waals surface area contributed by atoms with Crippen molar-refractivity contribution in [2.45, 2.75) is 19.3 Å². The zero-order valence-electron chi connectivity index (χ0n) is 19.2. The van der Waals surface area contributed by atoms with E-state index in [0.717, 1.165) is 44.8 Å². The van der Waals surface area contributed by atoms with E-state index in [0.29, 0.717) is 36.7 Å². The van der Waals surface area contributed by atoms with E-state index in [9.17, 15) is 9.59 Å². The minimum absolute atomic E-state index is 0.0255. The SMILES string of the molecule is CN1CCN(C(=O)CC2(COc3ccccc3)CCCN(C(=O)c3ccc(Cl)cc3)C2)CC1. The number of halogens is 1. The first-order valence-electron chi connectivity index (χ1n) is 11.6. The fourth-order valence-corrected chi connectivity index (χ4v) is 4.84. The molecule has 0 spiro atoms. The Morgan fingerprint density at radius 1 is 0.939 bits per heavy atom. The number of amides is 2. The van der Waals surface area contributed by atoms with Crippen LogP contribution >= 0.6 is 11.6 Å². The topological polar surface area (TPSA) is 53.1 Å². The summed E-state index contributed by atoms with van der Waals surface area (Å²) < 4.78 is 6.17. The first-order valence-corrected chi connectivity index (χ1v) is 12.0. The van der Waals surface area contributed by atoms with Crippen molar-refractivity contribution >= 4 is 23.4 Å². The first-order chi connectivity index (χ1) is 15.9. The van der Waals surface area contributed by atoms with E-state index in [1.54, 1.807) is 24.3 Å². The van der Waals surface area contributed by atoms with Crippen LogP contribution in [0.2, 0.25) is 5.02 Å². The van der Waals surface area contributed by atoms with E-state index in [4.69, 9.17) is 16.3 Å². The number of carbonyl (C=O) groups is 2. The van der Waals surface area contributed by atoms with Gasteiger partial charge < -0.3 is 19.4 Å². The van der Waals surface area contributed by atoms with Crippen LogP contribution in [0.5, 0.6) is 5.75 Å². The standard InChI is InChI=1S/C26H32ClN3O3/c1-28-14-16-29(17-15-28)24(31)18-26(20-33-23-6-3-2-4-7-23)12-5-13-30(19-26)25(32)21-8-10-22(27)11-9-21/h2-4,6-11H,5,12-20H2,1H3. The van der Waals surface area contributed by atoms with Crippen LogP contribution in [0, 0.1) is 5.41 Å². The van der Waals surface area contributed by atoms with Gasteiger partial charge in [-0.25, -0.2) is 0 Å². The normalized spacial score (nSPS) is 21.6. The number of piperidine rings is 1. The van der Waals surface area contributed by atoms with Crippen LogP contribution in [0.25, 0.3) is 0 Å². The predicted molar refractivity (Wildman–Crippen MR) is 130 cm³/mol. The van der Waals surface area contributed by atoms with Crippen LogP contribution in [0.15, 0.2) is 54.6 Å². The molecule has 0 saturated carbocycles. The Hall–Kier alpha value is -2.57. The van der Waals surface area contributed by atoms with Gasteiger partial charge in [0.2, 0.25) is 5.91 Å². The summed E-state index contributed by atoms with van der Waals surface area (Å²) in [7, 11) is 2.08. The molecule has 6 nitrogen and oxygen atoms in total. The highest BCUT2D eigenvalue weighted by Gasteiger charge is 2.41. The van der Waals surface area contributed by atoms with Crippen molar-refractivity contribution in [1.29, 1.82) is 0 Å². The molecule has 2 saturated heterocycles. The molecule has 0 N–H and O–H groups in total. The maximum Gasteiger partial charge on any atom is 0.253 e. The Morgan fingerprint density at radius 3 is 2.33 bits per heavy atom. The first kappa shape index (κ1) is 23.6. The molecular weight excluding hydrogens is 438 g/mol. The third-order valence-electron chi connectivity index (χ3n) is 6.71. The average Bonchev–Trinajstić information content (AvgIpc) is 2.84. The van der Waals surface area contributed by atoms with Crippen molar-refractivity contribution in [2.24, 2.45) is 5.41 Å². The zero-order chi connectivity index (χ0) is 23.3. The second-order valence-electron chi connectivity index (χ2n) is 9.30. The summed E-state index contributed by atoms with van der Waals surface area (Å²) in [6, 6.07) is 16.7. The third-order valence-corrected chi connectivity index (χ3v) is 6.96. The summed E-state index contributed by atoms with van der Waals surface area (Å²) in [5.41, 5.74) is 0.195. The van der Waals surface area contributed by atoms with Gasteiger partial charge in [0.1, 0.15) is 5.75 Å². The molecule has 2 aliphatic heterocycles. The third kappa shape index (κ3) is 6.06. The Balaban J connectivity index is 1.51. The molecule has 2 heterocycles. The van der Waals surface area contributed by atoms with E-state index in [1.165, 1.54) is 0 Å². The molecule has 0 radical (unpaired) electrons. The smallest absolute Gasteiger partial charge is 0.253 e. The number of carbonyl (C=O) groups excluding carboxylic acids is 2.